The zero-order valence-corrected chi connectivity index (χ0v) is 15.6. The number of carbonyl (C=O) groups is 1. The van der Waals surface area contributed by atoms with Crippen LogP contribution in [-0.4, -0.2) is 21.7 Å². The molecule has 0 unspecified atom stereocenters. The van der Waals surface area contributed by atoms with Crippen LogP contribution in [0.25, 0.3) is 11.8 Å². The van der Waals surface area contributed by atoms with E-state index >= 15 is 0 Å². The Morgan fingerprint density at radius 2 is 1.93 bits per heavy atom. The second-order valence-electron chi connectivity index (χ2n) is 5.62. The average molecular weight is 433 g/mol. The van der Waals surface area contributed by atoms with Crippen molar-refractivity contribution in [3.05, 3.63) is 79.9 Å². The van der Waals surface area contributed by atoms with Gasteiger partial charge in [-0.05, 0) is 23.8 Å². The van der Waals surface area contributed by atoms with E-state index in [0.717, 1.165) is 31.3 Å². The molecule has 2 rings (SSSR count). The van der Waals surface area contributed by atoms with Gasteiger partial charge in [-0.3, -0.25) is 9.36 Å². The first-order chi connectivity index (χ1) is 13.5. The molecule has 29 heavy (non-hydrogen) atoms. The van der Waals surface area contributed by atoms with Crippen LogP contribution >= 0.6 is 11.6 Å². The molecule has 0 N–H and O–H groups in total. The van der Waals surface area contributed by atoms with Crippen molar-refractivity contribution in [3.63, 3.8) is 0 Å². The normalized spacial score (nSPS) is 11.7. The Balaban J connectivity index is 2.62. The van der Waals surface area contributed by atoms with E-state index in [-0.39, 0.29) is 32.4 Å². The van der Waals surface area contributed by atoms with Crippen LogP contribution in [0.3, 0.4) is 0 Å². The van der Waals surface area contributed by atoms with E-state index in [9.17, 15) is 31.9 Å². The molecule has 0 amide bonds. The van der Waals surface area contributed by atoms with Crippen molar-refractivity contribution >= 4 is 23.6 Å². The fourth-order valence-corrected chi connectivity index (χ4v) is 2.53. The highest BCUT2D eigenvalue weighted by molar-refractivity contribution is 6.32. The number of esters is 1. The lowest BCUT2D eigenvalue weighted by molar-refractivity contribution is -0.144. The summed E-state index contributed by atoms with van der Waals surface area (Å²) in [6.45, 7) is 3.31. The molecule has 0 atom stereocenters. The Labute approximate surface area is 165 Å². The minimum absolute atomic E-state index is 0.0208. The van der Waals surface area contributed by atoms with Gasteiger partial charge in [-0.1, -0.05) is 24.3 Å². The molecule has 0 aliphatic carbocycles. The van der Waals surface area contributed by atoms with Gasteiger partial charge in [-0.15, -0.1) is 0 Å². The fraction of sp³-hybridized carbons (Fsp3) is 0.167. The van der Waals surface area contributed by atoms with Crippen LogP contribution in [0, 0.1) is 5.82 Å². The minimum atomic E-state index is -4.95. The van der Waals surface area contributed by atoms with Crippen molar-refractivity contribution in [2.24, 2.45) is 7.05 Å². The predicted molar refractivity (Wildman–Crippen MR) is 97.4 cm³/mol. The summed E-state index contributed by atoms with van der Waals surface area (Å²) >= 11 is 5.89. The number of benzene rings is 1. The maximum atomic E-state index is 14.4. The minimum Gasteiger partial charge on any atom is -0.458 e. The summed E-state index contributed by atoms with van der Waals surface area (Å²) in [6.07, 6.45) is -1.53. The van der Waals surface area contributed by atoms with Crippen molar-refractivity contribution in [2.75, 3.05) is 6.61 Å². The first kappa shape index (κ1) is 22.2. The van der Waals surface area contributed by atoms with Gasteiger partial charge in [0.2, 0.25) is 0 Å². The maximum Gasteiger partial charge on any atom is 0.431 e. The van der Waals surface area contributed by atoms with Crippen LogP contribution in [-0.2, 0) is 22.8 Å². The third kappa shape index (κ3) is 4.83. The van der Waals surface area contributed by atoms with E-state index in [4.69, 9.17) is 16.3 Å². The largest absolute Gasteiger partial charge is 0.458 e. The Morgan fingerprint density at radius 3 is 2.52 bits per heavy atom. The number of aromatic nitrogens is 2. The van der Waals surface area contributed by atoms with E-state index in [1.807, 2.05) is 0 Å². The van der Waals surface area contributed by atoms with E-state index < -0.39 is 40.6 Å². The Morgan fingerprint density at radius 1 is 1.28 bits per heavy atom. The monoisotopic (exact) mass is 432 g/mol. The van der Waals surface area contributed by atoms with Crippen molar-refractivity contribution in [1.82, 2.24) is 9.13 Å². The summed E-state index contributed by atoms with van der Waals surface area (Å²) in [7, 11) is 0.797. The molecule has 0 fully saturated rings. The zero-order chi connectivity index (χ0) is 21.9. The molecular weight excluding hydrogens is 420 g/mol. The number of ether oxygens (including phenoxy) is 1. The van der Waals surface area contributed by atoms with Crippen LogP contribution in [0.5, 0.6) is 0 Å². The molecule has 0 aliphatic rings. The van der Waals surface area contributed by atoms with Crippen LogP contribution in [0.1, 0.15) is 11.3 Å². The zero-order valence-electron chi connectivity index (χ0n) is 14.8. The van der Waals surface area contributed by atoms with Crippen molar-refractivity contribution < 1.29 is 27.1 Å². The maximum absolute atomic E-state index is 14.4. The van der Waals surface area contributed by atoms with Crippen LogP contribution < -0.4 is 11.2 Å². The third-order valence-corrected chi connectivity index (χ3v) is 3.99. The van der Waals surface area contributed by atoms with Crippen molar-refractivity contribution in [3.8, 4) is 5.69 Å². The molecule has 0 spiro atoms. The molecule has 2 aromatic rings. The smallest absolute Gasteiger partial charge is 0.431 e. The lowest BCUT2D eigenvalue weighted by atomic mass is 10.1. The number of nitrogens with zero attached hydrogens (tertiary/aromatic N) is 2. The lowest BCUT2D eigenvalue weighted by Gasteiger charge is -2.15. The molecule has 1 aromatic carbocycles. The summed E-state index contributed by atoms with van der Waals surface area (Å²) in [5, 5.41) is -0.171. The number of hydrogen-bond acceptors (Lipinski definition) is 4. The van der Waals surface area contributed by atoms with Gasteiger partial charge >= 0.3 is 17.8 Å². The summed E-state index contributed by atoms with van der Waals surface area (Å²) in [5.41, 5.74) is -4.89. The van der Waals surface area contributed by atoms with Crippen molar-refractivity contribution in [1.29, 1.82) is 0 Å². The van der Waals surface area contributed by atoms with Gasteiger partial charge in [0, 0.05) is 19.2 Å². The van der Waals surface area contributed by atoms with E-state index in [2.05, 4.69) is 6.58 Å². The molecule has 0 radical (unpaired) electrons. The highest BCUT2D eigenvalue weighted by atomic mass is 35.5. The summed E-state index contributed by atoms with van der Waals surface area (Å²) < 4.78 is 58.3. The van der Waals surface area contributed by atoms with Gasteiger partial charge in [0.05, 0.1) is 10.7 Å². The standard InChI is InChI=1S/C18H13ClF4N2O4/c1-3-6-29-16(27)5-4-10-7-13(12(20)8-11(10)19)25-15(26)9-14(18(21,22)23)24(2)17(25)28/h3-5,7-9H,1,6H2,2H3. The summed E-state index contributed by atoms with van der Waals surface area (Å²) in [6, 6.07) is 1.89. The number of carbonyl (C=O) groups excluding carboxylic acids is 1. The van der Waals surface area contributed by atoms with E-state index in [1.54, 1.807) is 0 Å². The number of rotatable bonds is 5. The SMILES string of the molecule is C=CCOC(=O)C=Cc1cc(-n2c(=O)cc(C(F)(F)F)n(C)c2=O)c(F)cc1Cl. The Hall–Kier alpha value is -3.14. The molecule has 154 valence electrons. The molecule has 0 saturated carbocycles. The third-order valence-electron chi connectivity index (χ3n) is 3.66. The number of alkyl halides is 3. The quantitative estimate of drug-likeness (QED) is 0.315. The van der Waals surface area contributed by atoms with E-state index in [0.29, 0.717) is 0 Å². The van der Waals surface area contributed by atoms with Gasteiger partial charge in [0.1, 0.15) is 18.1 Å². The first-order valence-electron chi connectivity index (χ1n) is 7.82. The lowest BCUT2D eigenvalue weighted by Crippen LogP contribution is -2.41. The number of hydrogen-bond donors (Lipinski definition) is 0. The second kappa shape index (κ2) is 8.48. The average Bonchev–Trinajstić information content (AvgIpc) is 2.62. The number of halogens is 5. The Bertz CT molecular complexity index is 1120. The predicted octanol–water partition coefficient (Wildman–Crippen LogP) is 3.09. The van der Waals surface area contributed by atoms with Gasteiger partial charge in [-0.2, -0.15) is 13.2 Å². The van der Waals surface area contributed by atoms with Gasteiger partial charge in [0.15, 0.2) is 0 Å². The van der Waals surface area contributed by atoms with Gasteiger partial charge < -0.3 is 4.74 Å². The molecule has 1 heterocycles. The fourth-order valence-electron chi connectivity index (χ4n) is 2.32. The summed E-state index contributed by atoms with van der Waals surface area (Å²) in [4.78, 5) is 36.0. The van der Waals surface area contributed by atoms with Crippen LogP contribution in [0.2, 0.25) is 5.02 Å². The molecule has 6 nitrogen and oxygen atoms in total. The first-order valence-corrected chi connectivity index (χ1v) is 8.20. The molecule has 11 heteroatoms. The van der Waals surface area contributed by atoms with Crippen molar-refractivity contribution in [2.45, 2.75) is 6.18 Å². The highest BCUT2D eigenvalue weighted by Gasteiger charge is 2.35. The molecule has 0 bridgehead atoms. The second-order valence-corrected chi connectivity index (χ2v) is 6.03. The van der Waals surface area contributed by atoms with E-state index in [1.165, 1.54) is 6.08 Å². The molecule has 0 saturated heterocycles. The molecule has 0 aliphatic heterocycles. The van der Waals surface area contributed by atoms with Gasteiger partial charge in [0.25, 0.3) is 5.56 Å². The highest BCUT2D eigenvalue weighted by Crippen LogP contribution is 2.27. The van der Waals surface area contributed by atoms with Gasteiger partial charge in [-0.25, -0.2) is 18.5 Å². The van der Waals surface area contributed by atoms with Crippen LogP contribution in [0.4, 0.5) is 17.6 Å². The Kier molecular flexibility index (Phi) is 6.48. The molecule has 1 aromatic heterocycles. The van der Waals surface area contributed by atoms with Crippen LogP contribution in [0.15, 0.2) is 46.5 Å². The topological polar surface area (TPSA) is 70.3 Å². The molecular formula is C18H13ClF4N2O4. The summed E-state index contributed by atoms with van der Waals surface area (Å²) in [5.74, 6) is -1.89.